The van der Waals surface area contributed by atoms with Gasteiger partial charge >= 0.3 is 233 Å². The molecule has 0 aromatic heterocycles. The van der Waals surface area contributed by atoms with Gasteiger partial charge in [-0.15, -0.1) is 0 Å². The normalized spacial score (nSPS) is 13.4. The maximum absolute atomic E-state index is 12.7. The van der Waals surface area contributed by atoms with Crippen LogP contribution in [0, 0.1) is 41.5 Å². The van der Waals surface area contributed by atoms with Gasteiger partial charge in [0, 0.05) is 0 Å². The molecule has 0 atom stereocenters. The fourth-order valence-corrected chi connectivity index (χ4v) is 20.5. The molecule has 0 unspecified atom stereocenters. The van der Waals surface area contributed by atoms with Crippen LogP contribution in [0.2, 0.25) is 10.1 Å². The van der Waals surface area contributed by atoms with Crippen molar-refractivity contribution in [2.75, 3.05) is 0 Å². The van der Waals surface area contributed by atoms with Crippen molar-refractivity contribution in [3.63, 3.8) is 0 Å². The molecule has 0 aliphatic rings. The van der Waals surface area contributed by atoms with Crippen molar-refractivity contribution < 1.29 is 4.80 Å². The molecular formula is C34H48GeOSi. The Morgan fingerprint density at radius 1 is 0.649 bits per heavy atom. The summed E-state index contributed by atoms with van der Waals surface area (Å²) in [7, 11) is -2.93. The third-order valence-electron chi connectivity index (χ3n) is 8.12. The van der Waals surface area contributed by atoms with Crippen LogP contribution in [0.3, 0.4) is 0 Å². The average molecular weight is 573 g/mol. The van der Waals surface area contributed by atoms with Gasteiger partial charge < -0.3 is 0 Å². The molecule has 0 saturated heterocycles. The van der Waals surface area contributed by atoms with Crippen LogP contribution in [-0.2, 0) is 0 Å². The molecule has 0 radical (unpaired) electrons. The van der Waals surface area contributed by atoms with Crippen LogP contribution in [0.4, 0.5) is 0 Å². The van der Waals surface area contributed by atoms with Crippen LogP contribution in [0.15, 0.2) is 60.3 Å². The molecule has 198 valence electrons. The molecule has 1 N–H and O–H groups in total. The summed E-state index contributed by atoms with van der Waals surface area (Å²) in [6.45, 7) is 27.0. The first-order valence-corrected chi connectivity index (χ1v) is 19.3. The SMILES string of the molecule is Cc1cc(C)[c]([GeH](/[C](=C/[Si](O)(C(C)(C)C)C(C)(C)C)c2ccccc2)[c]2c(C)cc(C)cc2C)c(C)c1. The maximum atomic E-state index is 12.7. The zero-order valence-corrected chi connectivity index (χ0v) is 28.7. The van der Waals surface area contributed by atoms with E-state index in [1.807, 2.05) is 0 Å². The minimum atomic E-state index is -2.93. The number of hydrogen-bond acceptors (Lipinski definition) is 1. The molecule has 0 heterocycles. The van der Waals surface area contributed by atoms with E-state index in [0.717, 1.165) is 0 Å². The fourth-order valence-electron chi connectivity index (χ4n) is 6.50. The Morgan fingerprint density at radius 3 is 1.32 bits per heavy atom. The van der Waals surface area contributed by atoms with Crippen molar-refractivity contribution >= 4 is 35.9 Å². The summed E-state index contributed by atoms with van der Waals surface area (Å²) < 4.78 is 4.50. The van der Waals surface area contributed by atoms with E-state index in [-0.39, 0.29) is 10.1 Å². The summed E-state index contributed by atoms with van der Waals surface area (Å²) >= 11 is -2.70. The molecule has 0 aliphatic carbocycles. The van der Waals surface area contributed by atoms with Gasteiger partial charge in [0.25, 0.3) is 0 Å². The summed E-state index contributed by atoms with van der Waals surface area (Å²) in [5.74, 6) is 0. The Bertz CT molecular complexity index is 1190. The van der Waals surface area contributed by atoms with Crippen molar-refractivity contribution in [1.29, 1.82) is 0 Å². The van der Waals surface area contributed by atoms with Gasteiger partial charge in [0.2, 0.25) is 0 Å². The molecule has 3 aromatic rings. The Kier molecular flexibility index (Phi) is 8.59. The predicted molar refractivity (Wildman–Crippen MR) is 170 cm³/mol. The third-order valence-corrected chi connectivity index (χ3v) is 22.7. The zero-order valence-electron chi connectivity index (χ0n) is 25.3. The van der Waals surface area contributed by atoms with Crippen molar-refractivity contribution in [3.8, 4) is 0 Å². The van der Waals surface area contributed by atoms with Gasteiger partial charge in [0.05, 0.1) is 0 Å². The summed E-state index contributed by atoms with van der Waals surface area (Å²) in [6.07, 6.45) is 0. The molecule has 0 fully saturated rings. The molecule has 0 saturated carbocycles. The van der Waals surface area contributed by atoms with Crippen molar-refractivity contribution in [2.24, 2.45) is 0 Å². The van der Waals surface area contributed by atoms with E-state index in [1.165, 1.54) is 43.3 Å². The van der Waals surface area contributed by atoms with Crippen molar-refractivity contribution in [1.82, 2.24) is 0 Å². The molecule has 37 heavy (non-hydrogen) atoms. The monoisotopic (exact) mass is 574 g/mol. The molecule has 0 amide bonds. The Hall–Kier alpha value is -1.88. The molecule has 3 rings (SSSR count). The second-order valence-corrected chi connectivity index (χ2v) is 23.7. The van der Waals surface area contributed by atoms with Crippen LogP contribution in [0.5, 0.6) is 0 Å². The van der Waals surface area contributed by atoms with Gasteiger partial charge in [0.1, 0.15) is 0 Å². The van der Waals surface area contributed by atoms with E-state index in [9.17, 15) is 4.80 Å². The summed E-state index contributed by atoms with van der Waals surface area (Å²) in [6, 6.07) is 20.4. The molecule has 0 aliphatic heterocycles. The zero-order chi connectivity index (χ0) is 27.9. The Balaban J connectivity index is 2.57. The van der Waals surface area contributed by atoms with Crippen molar-refractivity contribution in [2.45, 2.75) is 93.2 Å². The number of aryl methyl sites for hydroxylation is 6. The number of benzene rings is 3. The minimum absolute atomic E-state index is 0.202. The van der Waals surface area contributed by atoms with Gasteiger partial charge in [-0.05, 0) is 0 Å². The second kappa shape index (κ2) is 10.7. The van der Waals surface area contributed by atoms with E-state index in [0.29, 0.717) is 0 Å². The standard InChI is InChI=1S/C34H48GeOSi/c1-23-18-25(3)31(26(4)19-23)35(32-27(5)20-24(2)21-28(32)6)30(29-16-14-13-15-17-29)22-37(36,33(7,8)9)34(10,11)12/h13-22,35-36H,1-12H3/b30-22+. The molecule has 3 aromatic carbocycles. The van der Waals surface area contributed by atoms with Crippen LogP contribution in [-0.4, -0.2) is 27.5 Å². The molecule has 1 nitrogen and oxygen atoms in total. The summed E-state index contributed by atoms with van der Waals surface area (Å²) in [5.41, 5.74) is 11.9. The van der Waals surface area contributed by atoms with E-state index in [2.05, 4.69) is 143 Å². The van der Waals surface area contributed by atoms with E-state index in [1.54, 1.807) is 8.79 Å². The van der Waals surface area contributed by atoms with Gasteiger partial charge in [-0.3, -0.25) is 0 Å². The fraction of sp³-hybridized carbons (Fsp3) is 0.412. The van der Waals surface area contributed by atoms with Crippen LogP contribution < -0.4 is 8.79 Å². The van der Waals surface area contributed by atoms with Gasteiger partial charge in [-0.25, -0.2) is 0 Å². The second-order valence-electron chi connectivity index (χ2n) is 13.3. The first kappa shape index (κ1) is 29.7. The predicted octanol–water partition coefficient (Wildman–Crippen LogP) is 7.58. The van der Waals surface area contributed by atoms with Crippen molar-refractivity contribution in [3.05, 3.63) is 99.2 Å². The topological polar surface area (TPSA) is 20.2 Å². The Morgan fingerprint density at radius 2 is 1.00 bits per heavy atom. The summed E-state index contributed by atoms with van der Waals surface area (Å²) in [5, 5.41) is -0.403. The molecule has 0 spiro atoms. The first-order valence-electron chi connectivity index (χ1n) is 13.6. The third kappa shape index (κ3) is 5.92. The number of rotatable bonds is 5. The van der Waals surface area contributed by atoms with E-state index in [4.69, 9.17) is 0 Å². The van der Waals surface area contributed by atoms with E-state index >= 15 is 0 Å². The summed E-state index contributed by atoms with van der Waals surface area (Å²) in [4.78, 5) is 12.7. The quantitative estimate of drug-likeness (QED) is 0.312. The van der Waals surface area contributed by atoms with Gasteiger partial charge in [-0.2, -0.15) is 0 Å². The van der Waals surface area contributed by atoms with Crippen LogP contribution in [0.1, 0.15) is 80.5 Å². The van der Waals surface area contributed by atoms with Gasteiger partial charge in [0.15, 0.2) is 0 Å². The van der Waals surface area contributed by atoms with Crippen LogP contribution in [0.25, 0.3) is 4.41 Å². The molecular weight excluding hydrogens is 525 g/mol. The Labute approximate surface area is 232 Å². The van der Waals surface area contributed by atoms with Gasteiger partial charge in [-0.1, -0.05) is 0 Å². The number of hydrogen-bond donors (Lipinski definition) is 1. The average Bonchev–Trinajstić information content (AvgIpc) is 2.74. The van der Waals surface area contributed by atoms with Crippen LogP contribution >= 0.6 is 0 Å². The first-order chi connectivity index (χ1) is 17.0. The van der Waals surface area contributed by atoms with E-state index < -0.39 is 22.7 Å². The molecule has 3 heteroatoms. The molecule has 0 bridgehead atoms.